The van der Waals surface area contributed by atoms with Gasteiger partial charge in [0, 0.05) is 36.0 Å². The fraction of sp³-hybridized carbons (Fsp3) is 0.286. The molecule has 0 saturated heterocycles. The molecule has 20 heavy (non-hydrogen) atoms. The maximum absolute atomic E-state index is 10.7. The van der Waals surface area contributed by atoms with Crippen LogP contribution >= 0.6 is 0 Å². The van der Waals surface area contributed by atoms with E-state index in [1.54, 1.807) is 12.3 Å². The first-order valence-electron chi connectivity index (χ1n) is 6.22. The number of non-ortho nitro benzene ring substituents is 1. The fourth-order valence-corrected chi connectivity index (χ4v) is 1.97. The number of benzene rings is 1. The van der Waals surface area contributed by atoms with Gasteiger partial charge >= 0.3 is 0 Å². The van der Waals surface area contributed by atoms with Gasteiger partial charge in [-0.15, -0.1) is 0 Å². The predicted molar refractivity (Wildman–Crippen MR) is 73.9 cm³/mol. The lowest BCUT2D eigenvalue weighted by atomic mass is 10.0. The summed E-state index contributed by atoms with van der Waals surface area (Å²) in [6, 6.07) is 6.27. The zero-order valence-electron chi connectivity index (χ0n) is 11.3. The number of rotatable bonds is 4. The average Bonchev–Trinajstić information content (AvgIpc) is 2.85. The van der Waals surface area contributed by atoms with Gasteiger partial charge in [-0.1, -0.05) is 13.8 Å². The maximum Gasteiger partial charge on any atom is 0.270 e. The summed E-state index contributed by atoms with van der Waals surface area (Å²) in [6.07, 6.45) is 3.52. The zero-order valence-corrected chi connectivity index (χ0v) is 11.3. The van der Waals surface area contributed by atoms with Crippen molar-refractivity contribution in [2.75, 3.05) is 0 Å². The van der Waals surface area contributed by atoms with Crippen LogP contribution in [0.2, 0.25) is 0 Å². The summed E-state index contributed by atoms with van der Waals surface area (Å²) in [7, 11) is 0. The summed E-state index contributed by atoms with van der Waals surface area (Å²) in [4.78, 5) is 10.2. The van der Waals surface area contributed by atoms with Crippen LogP contribution in [0.15, 0.2) is 30.6 Å². The second-order valence-corrected chi connectivity index (χ2v) is 4.94. The molecule has 0 aliphatic heterocycles. The third-order valence-electron chi connectivity index (χ3n) is 2.83. The molecule has 0 fully saturated rings. The van der Waals surface area contributed by atoms with Crippen LogP contribution in [0.25, 0.3) is 11.1 Å². The fourth-order valence-electron chi connectivity index (χ4n) is 1.97. The van der Waals surface area contributed by atoms with Crippen molar-refractivity contribution in [1.82, 2.24) is 9.78 Å². The van der Waals surface area contributed by atoms with E-state index < -0.39 is 4.92 Å². The van der Waals surface area contributed by atoms with E-state index in [-0.39, 0.29) is 11.3 Å². The first-order chi connectivity index (χ1) is 9.51. The van der Waals surface area contributed by atoms with Crippen molar-refractivity contribution in [3.63, 3.8) is 0 Å². The molecule has 0 N–H and O–H groups in total. The van der Waals surface area contributed by atoms with Crippen LogP contribution in [0.5, 0.6) is 0 Å². The molecule has 0 aliphatic rings. The van der Waals surface area contributed by atoms with Gasteiger partial charge in [0.2, 0.25) is 0 Å². The molecule has 0 radical (unpaired) electrons. The van der Waals surface area contributed by atoms with Crippen molar-refractivity contribution < 1.29 is 4.92 Å². The molecule has 0 saturated carbocycles. The van der Waals surface area contributed by atoms with Crippen molar-refractivity contribution in [3.05, 3.63) is 46.3 Å². The van der Waals surface area contributed by atoms with Gasteiger partial charge in [0.1, 0.15) is 6.07 Å². The zero-order chi connectivity index (χ0) is 14.7. The number of nitro benzene ring substituents is 1. The molecule has 2 aromatic rings. The molecule has 0 aliphatic carbocycles. The Hall–Kier alpha value is -2.68. The third-order valence-corrected chi connectivity index (χ3v) is 2.83. The standard InChI is InChI=1S/C14H14N4O2/c1-10(2)8-17-9-12(7-16-17)14-4-3-13(18(19)20)5-11(14)6-15/h3-5,7,9-10H,8H2,1-2H3. The number of nitriles is 1. The quantitative estimate of drug-likeness (QED) is 0.631. The summed E-state index contributed by atoms with van der Waals surface area (Å²) in [6.45, 7) is 4.97. The maximum atomic E-state index is 10.7. The molecule has 0 spiro atoms. The Kier molecular flexibility index (Phi) is 3.80. The van der Waals surface area contributed by atoms with Crippen molar-refractivity contribution in [1.29, 1.82) is 5.26 Å². The highest BCUT2D eigenvalue weighted by Gasteiger charge is 2.13. The Bertz CT molecular complexity index is 683. The Morgan fingerprint density at radius 2 is 2.25 bits per heavy atom. The minimum atomic E-state index is -0.507. The minimum Gasteiger partial charge on any atom is -0.272 e. The van der Waals surface area contributed by atoms with E-state index in [9.17, 15) is 10.1 Å². The van der Waals surface area contributed by atoms with Crippen LogP contribution in [-0.4, -0.2) is 14.7 Å². The van der Waals surface area contributed by atoms with E-state index in [0.717, 1.165) is 12.1 Å². The van der Waals surface area contributed by atoms with E-state index in [0.29, 0.717) is 11.5 Å². The van der Waals surface area contributed by atoms with E-state index in [1.807, 2.05) is 16.9 Å². The lowest BCUT2D eigenvalue weighted by Gasteiger charge is -2.04. The molecule has 102 valence electrons. The minimum absolute atomic E-state index is 0.0835. The Morgan fingerprint density at radius 1 is 1.50 bits per heavy atom. The third kappa shape index (κ3) is 2.83. The smallest absolute Gasteiger partial charge is 0.270 e. The van der Waals surface area contributed by atoms with Gasteiger partial charge in [0.05, 0.1) is 16.7 Å². The number of aromatic nitrogens is 2. The van der Waals surface area contributed by atoms with E-state index >= 15 is 0 Å². The highest BCUT2D eigenvalue weighted by Crippen LogP contribution is 2.26. The van der Waals surface area contributed by atoms with E-state index in [1.165, 1.54) is 12.1 Å². The van der Waals surface area contributed by atoms with Crippen LogP contribution < -0.4 is 0 Å². The summed E-state index contributed by atoms with van der Waals surface area (Å²) in [5.41, 5.74) is 1.65. The summed E-state index contributed by atoms with van der Waals surface area (Å²) >= 11 is 0. The molecule has 1 heterocycles. The molecule has 6 nitrogen and oxygen atoms in total. The van der Waals surface area contributed by atoms with Crippen molar-refractivity contribution >= 4 is 5.69 Å². The van der Waals surface area contributed by atoms with E-state index in [2.05, 4.69) is 18.9 Å². The largest absolute Gasteiger partial charge is 0.272 e. The molecule has 0 amide bonds. The van der Waals surface area contributed by atoms with Gasteiger partial charge in [-0.25, -0.2) is 0 Å². The molecule has 0 bridgehead atoms. The summed E-state index contributed by atoms with van der Waals surface area (Å²) < 4.78 is 1.81. The second kappa shape index (κ2) is 5.53. The SMILES string of the molecule is CC(C)Cn1cc(-c2ccc([N+](=O)[O-])cc2C#N)cn1. The molecule has 1 aromatic heterocycles. The topological polar surface area (TPSA) is 84.7 Å². The molecule has 1 aromatic carbocycles. The monoisotopic (exact) mass is 270 g/mol. The van der Waals surface area contributed by atoms with Crippen LogP contribution in [-0.2, 0) is 6.54 Å². The van der Waals surface area contributed by atoms with Gasteiger partial charge in [-0.05, 0) is 12.0 Å². The highest BCUT2D eigenvalue weighted by molar-refractivity contribution is 5.71. The van der Waals surface area contributed by atoms with Gasteiger partial charge < -0.3 is 0 Å². The van der Waals surface area contributed by atoms with E-state index in [4.69, 9.17) is 5.26 Å². The van der Waals surface area contributed by atoms with Crippen LogP contribution in [0.4, 0.5) is 5.69 Å². The Balaban J connectivity index is 2.40. The first kappa shape index (κ1) is 13.7. The van der Waals surface area contributed by atoms with Crippen LogP contribution in [0.3, 0.4) is 0 Å². The molecular weight excluding hydrogens is 256 g/mol. The van der Waals surface area contributed by atoms with Crippen LogP contribution in [0.1, 0.15) is 19.4 Å². The predicted octanol–water partition coefficient (Wildman–Crippen LogP) is 2.99. The first-order valence-corrected chi connectivity index (χ1v) is 6.22. The normalized spacial score (nSPS) is 10.5. The number of hydrogen-bond acceptors (Lipinski definition) is 4. The number of hydrogen-bond donors (Lipinski definition) is 0. The molecule has 6 heteroatoms. The van der Waals surface area contributed by atoms with Gasteiger partial charge in [-0.2, -0.15) is 10.4 Å². The Labute approximate surface area is 116 Å². The van der Waals surface area contributed by atoms with Gasteiger partial charge in [0.25, 0.3) is 5.69 Å². The van der Waals surface area contributed by atoms with Gasteiger partial charge in [-0.3, -0.25) is 14.8 Å². The number of nitrogens with zero attached hydrogens (tertiary/aromatic N) is 4. The average molecular weight is 270 g/mol. The van der Waals surface area contributed by atoms with Crippen molar-refractivity contribution in [2.24, 2.45) is 5.92 Å². The molecular formula is C14H14N4O2. The lowest BCUT2D eigenvalue weighted by Crippen LogP contribution is -2.04. The summed E-state index contributed by atoms with van der Waals surface area (Å²) in [5, 5.41) is 24.1. The number of nitro groups is 1. The second-order valence-electron chi connectivity index (χ2n) is 4.94. The molecule has 0 atom stereocenters. The van der Waals surface area contributed by atoms with Gasteiger partial charge in [0.15, 0.2) is 0 Å². The summed E-state index contributed by atoms with van der Waals surface area (Å²) in [5.74, 6) is 0.468. The lowest BCUT2D eigenvalue weighted by molar-refractivity contribution is -0.384. The Morgan fingerprint density at radius 3 is 2.85 bits per heavy atom. The molecule has 2 rings (SSSR count). The van der Waals surface area contributed by atoms with Crippen molar-refractivity contribution in [2.45, 2.75) is 20.4 Å². The van der Waals surface area contributed by atoms with Crippen molar-refractivity contribution in [3.8, 4) is 17.2 Å². The van der Waals surface area contributed by atoms with Crippen LogP contribution in [0, 0.1) is 27.4 Å². The molecule has 0 unspecified atom stereocenters. The highest BCUT2D eigenvalue weighted by atomic mass is 16.6.